The van der Waals surface area contributed by atoms with Crippen LogP contribution in [0.15, 0.2) is 36.5 Å². The second-order valence-corrected chi connectivity index (χ2v) is 10.3. The Hall–Kier alpha value is -1.77. The summed E-state index contributed by atoms with van der Waals surface area (Å²) in [7, 11) is -4.36. The zero-order valence-corrected chi connectivity index (χ0v) is 24.3. The SMILES string of the molecule is CC/C=C\C/C=C\C/C=C\CCCCCC(=O)OC(COC(=O)CCCCCC)COP(=O)(O)OCCN. The fourth-order valence-corrected chi connectivity index (χ4v) is 4.00. The number of rotatable bonds is 25. The first-order valence-corrected chi connectivity index (χ1v) is 15.5. The predicted molar refractivity (Wildman–Crippen MR) is 150 cm³/mol. The first-order valence-electron chi connectivity index (χ1n) is 14.0. The summed E-state index contributed by atoms with van der Waals surface area (Å²) >= 11 is 0. The lowest BCUT2D eigenvalue weighted by Gasteiger charge is -2.19. The summed E-state index contributed by atoms with van der Waals surface area (Å²) in [6.45, 7) is 3.39. The number of hydrogen-bond donors (Lipinski definition) is 2. The largest absolute Gasteiger partial charge is 0.472 e. The van der Waals surface area contributed by atoms with Gasteiger partial charge in [0.15, 0.2) is 6.10 Å². The Morgan fingerprint density at radius 3 is 2.11 bits per heavy atom. The van der Waals surface area contributed by atoms with Gasteiger partial charge in [-0.15, -0.1) is 0 Å². The molecule has 0 saturated heterocycles. The summed E-state index contributed by atoms with van der Waals surface area (Å²) in [6, 6.07) is 0. The maximum atomic E-state index is 12.3. The quantitative estimate of drug-likeness (QED) is 0.0571. The van der Waals surface area contributed by atoms with E-state index in [1.165, 1.54) is 0 Å². The normalized spacial score (nSPS) is 14.3. The molecule has 0 bridgehead atoms. The highest BCUT2D eigenvalue weighted by Gasteiger charge is 2.25. The van der Waals surface area contributed by atoms with Crippen LogP contribution in [0.5, 0.6) is 0 Å². The monoisotopic (exact) mass is 559 g/mol. The third-order valence-electron chi connectivity index (χ3n) is 5.29. The van der Waals surface area contributed by atoms with Gasteiger partial charge < -0.3 is 20.1 Å². The molecule has 9 nitrogen and oxygen atoms in total. The van der Waals surface area contributed by atoms with Crippen molar-refractivity contribution in [1.82, 2.24) is 0 Å². The molecule has 0 fully saturated rings. The molecule has 0 amide bonds. The molecule has 0 aromatic rings. The zero-order chi connectivity index (χ0) is 28.3. The first kappa shape index (κ1) is 36.2. The van der Waals surface area contributed by atoms with Crippen LogP contribution >= 0.6 is 7.82 Å². The van der Waals surface area contributed by atoms with E-state index in [1.54, 1.807) is 0 Å². The van der Waals surface area contributed by atoms with Crippen molar-refractivity contribution < 1.29 is 37.6 Å². The van der Waals surface area contributed by atoms with Crippen molar-refractivity contribution in [3.05, 3.63) is 36.5 Å². The van der Waals surface area contributed by atoms with Gasteiger partial charge in [0.05, 0.1) is 13.2 Å². The van der Waals surface area contributed by atoms with Crippen LogP contribution in [0.1, 0.15) is 97.3 Å². The van der Waals surface area contributed by atoms with Crippen LogP contribution in [0.25, 0.3) is 0 Å². The van der Waals surface area contributed by atoms with E-state index in [9.17, 15) is 19.0 Å². The molecule has 0 spiro atoms. The second kappa shape index (κ2) is 25.5. The van der Waals surface area contributed by atoms with Crippen molar-refractivity contribution in [1.29, 1.82) is 0 Å². The van der Waals surface area contributed by atoms with E-state index >= 15 is 0 Å². The molecule has 0 aromatic carbocycles. The van der Waals surface area contributed by atoms with Crippen LogP contribution < -0.4 is 5.73 Å². The van der Waals surface area contributed by atoms with E-state index in [0.29, 0.717) is 6.42 Å². The standard InChI is InChI=1S/C28H50NO8P/c1-3-5-7-9-10-11-12-13-14-15-16-17-19-21-28(31)37-26(25-36-38(32,33)35-23-22-29)24-34-27(30)20-18-8-6-4-2/h5,7,10-11,13-14,26H,3-4,6,8-9,12,15-25,29H2,1-2H3,(H,32,33)/b7-5-,11-10-,14-13-. The molecule has 10 heteroatoms. The Labute approximate surface area is 229 Å². The molecular formula is C28H50NO8P. The molecule has 0 aliphatic rings. The fraction of sp³-hybridized carbons (Fsp3) is 0.714. The third kappa shape index (κ3) is 24.6. The van der Waals surface area contributed by atoms with Gasteiger partial charge in [0.1, 0.15) is 6.61 Å². The molecule has 220 valence electrons. The Balaban J connectivity index is 4.37. The maximum absolute atomic E-state index is 12.3. The first-order chi connectivity index (χ1) is 18.3. The number of allylic oxidation sites excluding steroid dienone is 6. The molecule has 0 aromatic heterocycles. The highest BCUT2D eigenvalue weighted by molar-refractivity contribution is 7.47. The zero-order valence-electron chi connectivity index (χ0n) is 23.4. The van der Waals surface area contributed by atoms with E-state index in [2.05, 4.69) is 50.3 Å². The molecule has 2 unspecified atom stereocenters. The van der Waals surface area contributed by atoms with Gasteiger partial charge in [-0.05, 0) is 44.9 Å². The van der Waals surface area contributed by atoms with Gasteiger partial charge in [0.2, 0.25) is 0 Å². The molecule has 2 atom stereocenters. The number of phosphoric acid groups is 1. The lowest BCUT2D eigenvalue weighted by Crippen LogP contribution is -2.29. The second-order valence-electron chi connectivity index (χ2n) is 8.88. The molecule has 0 rings (SSSR count). The van der Waals surface area contributed by atoms with E-state index in [0.717, 1.165) is 64.2 Å². The van der Waals surface area contributed by atoms with Crippen molar-refractivity contribution >= 4 is 19.8 Å². The van der Waals surface area contributed by atoms with Crippen molar-refractivity contribution in [2.75, 3.05) is 26.4 Å². The van der Waals surface area contributed by atoms with Gasteiger partial charge in [0, 0.05) is 19.4 Å². The van der Waals surface area contributed by atoms with Gasteiger partial charge in [-0.25, -0.2) is 4.57 Å². The molecule has 3 N–H and O–H groups in total. The molecule has 0 radical (unpaired) electrons. The number of ether oxygens (including phenoxy) is 2. The van der Waals surface area contributed by atoms with E-state index in [4.69, 9.17) is 24.3 Å². The number of carbonyl (C=O) groups is 2. The van der Waals surface area contributed by atoms with Crippen LogP contribution in [0.3, 0.4) is 0 Å². The highest BCUT2D eigenvalue weighted by atomic mass is 31.2. The molecule has 0 heterocycles. The Kier molecular flexibility index (Phi) is 24.3. The number of unbranched alkanes of at least 4 members (excludes halogenated alkanes) is 6. The van der Waals surface area contributed by atoms with Crippen LogP contribution in [-0.2, 0) is 32.7 Å². The lowest BCUT2D eigenvalue weighted by atomic mass is 10.1. The van der Waals surface area contributed by atoms with Crippen molar-refractivity contribution in [3.8, 4) is 0 Å². The van der Waals surface area contributed by atoms with Gasteiger partial charge >= 0.3 is 19.8 Å². The molecular weight excluding hydrogens is 509 g/mol. The van der Waals surface area contributed by atoms with E-state index < -0.39 is 32.5 Å². The number of nitrogens with two attached hydrogens (primary N) is 1. The summed E-state index contributed by atoms with van der Waals surface area (Å²) in [5, 5.41) is 0. The highest BCUT2D eigenvalue weighted by Crippen LogP contribution is 2.43. The Morgan fingerprint density at radius 2 is 1.45 bits per heavy atom. The van der Waals surface area contributed by atoms with Crippen LogP contribution in [-0.4, -0.2) is 49.3 Å². The van der Waals surface area contributed by atoms with Gasteiger partial charge in [-0.2, -0.15) is 0 Å². The van der Waals surface area contributed by atoms with Gasteiger partial charge in [0.25, 0.3) is 0 Å². The van der Waals surface area contributed by atoms with Crippen LogP contribution in [0, 0.1) is 0 Å². The molecule has 0 saturated carbocycles. The minimum absolute atomic E-state index is 0.0474. The molecule has 38 heavy (non-hydrogen) atoms. The van der Waals surface area contributed by atoms with E-state index in [1.807, 2.05) is 0 Å². The van der Waals surface area contributed by atoms with E-state index in [-0.39, 0.29) is 32.6 Å². The number of hydrogen-bond acceptors (Lipinski definition) is 8. The van der Waals surface area contributed by atoms with Gasteiger partial charge in [-0.3, -0.25) is 18.6 Å². The average molecular weight is 560 g/mol. The third-order valence-corrected chi connectivity index (χ3v) is 6.27. The topological polar surface area (TPSA) is 134 Å². The Morgan fingerprint density at radius 1 is 0.816 bits per heavy atom. The smallest absolute Gasteiger partial charge is 0.462 e. The fourth-order valence-electron chi connectivity index (χ4n) is 3.23. The number of phosphoric ester groups is 1. The summed E-state index contributed by atoms with van der Waals surface area (Å²) in [5.74, 6) is -0.892. The molecule has 0 aliphatic heterocycles. The predicted octanol–water partition coefficient (Wildman–Crippen LogP) is 6.31. The van der Waals surface area contributed by atoms with Crippen molar-refractivity contribution in [2.24, 2.45) is 5.73 Å². The van der Waals surface area contributed by atoms with Crippen molar-refractivity contribution in [2.45, 2.75) is 103 Å². The average Bonchev–Trinajstić information content (AvgIpc) is 2.89. The Bertz CT molecular complexity index is 738. The summed E-state index contributed by atoms with van der Waals surface area (Å²) in [6.07, 6.45) is 22.5. The summed E-state index contributed by atoms with van der Waals surface area (Å²) < 4.78 is 32.1. The van der Waals surface area contributed by atoms with Crippen molar-refractivity contribution in [3.63, 3.8) is 0 Å². The molecule has 0 aliphatic carbocycles. The summed E-state index contributed by atoms with van der Waals surface area (Å²) in [4.78, 5) is 34.0. The summed E-state index contributed by atoms with van der Waals surface area (Å²) in [5.41, 5.74) is 5.27. The minimum atomic E-state index is -4.36. The van der Waals surface area contributed by atoms with Crippen LogP contribution in [0.4, 0.5) is 0 Å². The number of esters is 2. The maximum Gasteiger partial charge on any atom is 0.472 e. The van der Waals surface area contributed by atoms with Crippen LogP contribution in [0.2, 0.25) is 0 Å². The minimum Gasteiger partial charge on any atom is -0.462 e. The number of carbonyl (C=O) groups excluding carboxylic acids is 2. The lowest BCUT2D eigenvalue weighted by molar-refractivity contribution is -0.161. The van der Waals surface area contributed by atoms with Gasteiger partial charge in [-0.1, -0.05) is 76.0 Å².